The zero-order valence-corrected chi connectivity index (χ0v) is 25.0. The second-order valence-electron chi connectivity index (χ2n) is 14.9. The van der Waals surface area contributed by atoms with Gasteiger partial charge in [-0.05, 0) is 90.6 Å². The predicted octanol–water partition coefficient (Wildman–Crippen LogP) is 6.70. The van der Waals surface area contributed by atoms with Crippen molar-refractivity contribution in [3.8, 4) is 0 Å². The van der Waals surface area contributed by atoms with Crippen LogP contribution < -0.4 is 0 Å². The molecule has 0 bridgehead atoms. The average molecular weight is 525 g/mol. The van der Waals surface area contributed by atoms with E-state index in [1.807, 2.05) is 12.2 Å². The summed E-state index contributed by atoms with van der Waals surface area (Å²) < 4.78 is 11.4. The lowest BCUT2D eigenvalue weighted by Crippen LogP contribution is -2.68. The van der Waals surface area contributed by atoms with Gasteiger partial charge in [-0.2, -0.15) is 0 Å². The molecule has 3 saturated carbocycles. The summed E-state index contributed by atoms with van der Waals surface area (Å²) >= 11 is 0. The molecule has 5 nitrogen and oxygen atoms in total. The summed E-state index contributed by atoms with van der Waals surface area (Å²) in [5, 5.41) is 0. The van der Waals surface area contributed by atoms with Crippen molar-refractivity contribution in [2.24, 2.45) is 56.7 Å². The smallest absolute Gasteiger partial charge is 0.312 e. The third-order valence-corrected chi connectivity index (χ3v) is 13.0. The molecule has 5 heteroatoms. The van der Waals surface area contributed by atoms with Crippen LogP contribution in [0, 0.1) is 56.7 Å². The van der Waals surface area contributed by atoms with Crippen molar-refractivity contribution in [3.63, 3.8) is 0 Å². The topological polar surface area (TPSA) is 69.7 Å². The number of ketones is 1. The number of ether oxygens (including phenoxy) is 2. The molecule has 5 aliphatic rings. The lowest BCUT2D eigenvalue weighted by atomic mass is 9.33. The summed E-state index contributed by atoms with van der Waals surface area (Å²) in [6.07, 6.45) is 11.2. The van der Waals surface area contributed by atoms with Crippen LogP contribution in [-0.4, -0.2) is 30.9 Å². The maximum atomic E-state index is 14.6. The van der Waals surface area contributed by atoms with Crippen LogP contribution in [0.1, 0.15) is 93.9 Å². The molecule has 5 rings (SSSR count). The summed E-state index contributed by atoms with van der Waals surface area (Å²) in [5.74, 6) is 0.482. The van der Waals surface area contributed by atoms with Crippen LogP contribution in [0.4, 0.5) is 0 Å². The van der Waals surface area contributed by atoms with Gasteiger partial charge in [-0.1, -0.05) is 60.1 Å². The minimum absolute atomic E-state index is 0.0108. The molecule has 0 aliphatic heterocycles. The third kappa shape index (κ3) is 3.32. The molecule has 3 unspecified atom stereocenters. The van der Waals surface area contributed by atoms with Gasteiger partial charge in [0.05, 0.1) is 12.5 Å². The molecule has 5 aliphatic carbocycles. The molecule has 0 aromatic heterocycles. The van der Waals surface area contributed by atoms with Crippen LogP contribution in [0.3, 0.4) is 0 Å². The standard InChI is InChI=1S/C33H48O5/c1-19-10-15-33(28(36)37-9)17-16-30(6)22(26(33)20(19)2)18-23(35)27-31(30,7)14-11-24-29(4,5)13-12-25(32(24,27)8)38-21(3)34/h12-13,18-20,24-27H,10-11,14-17H2,1-9H3/t19-,20+,24?,25+,26?,27?,30-,31-,32-,33+/m1/s1. The van der Waals surface area contributed by atoms with Crippen LogP contribution in [-0.2, 0) is 23.9 Å². The van der Waals surface area contributed by atoms with Crippen molar-refractivity contribution in [1.82, 2.24) is 0 Å². The van der Waals surface area contributed by atoms with Crippen molar-refractivity contribution >= 4 is 17.7 Å². The first-order valence-corrected chi connectivity index (χ1v) is 14.8. The quantitative estimate of drug-likeness (QED) is 0.297. The van der Waals surface area contributed by atoms with Gasteiger partial charge in [0.2, 0.25) is 0 Å². The first-order valence-electron chi connectivity index (χ1n) is 14.8. The van der Waals surface area contributed by atoms with Crippen LogP contribution in [0.5, 0.6) is 0 Å². The Bertz CT molecular complexity index is 1120. The molecule has 0 aromatic rings. The number of fused-ring (bicyclic) bond motifs is 7. The van der Waals surface area contributed by atoms with E-state index < -0.39 is 16.9 Å². The molecule has 0 amide bonds. The van der Waals surface area contributed by atoms with Crippen molar-refractivity contribution in [2.75, 3.05) is 7.11 Å². The summed E-state index contributed by atoms with van der Waals surface area (Å²) in [7, 11) is 1.51. The molecule has 0 saturated heterocycles. The van der Waals surface area contributed by atoms with Gasteiger partial charge in [0.25, 0.3) is 0 Å². The monoisotopic (exact) mass is 524 g/mol. The van der Waals surface area contributed by atoms with Crippen molar-refractivity contribution in [3.05, 3.63) is 23.8 Å². The third-order valence-electron chi connectivity index (χ3n) is 13.0. The van der Waals surface area contributed by atoms with Gasteiger partial charge in [0, 0.05) is 18.3 Å². The van der Waals surface area contributed by atoms with Crippen LogP contribution in [0.2, 0.25) is 0 Å². The number of rotatable bonds is 2. The van der Waals surface area contributed by atoms with Gasteiger partial charge in [-0.3, -0.25) is 14.4 Å². The Hall–Kier alpha value is -1.91. The fraction of sp³-hybridized carbons (Fsp3) is 0.788. The summed E-state index contributed by atoms with van der Waals surface area (Å²) in [5.41, 5.74) is -0.499. The Morgan fingerprint density at radius 2 is 1.66 bits per heavy atom. The van der Waals surface area contributed by atoms with E-state index in [1.54, 1.807) is 0 Å². The average Bonchev–Trinajstić information content (AvgIpc) is 2.83. The Balaban J connectivity index is 1.70. The lowest BCUT2D eigenvalue weighted by Gasteiger charge is -2.70. The molecule has 0 N–H and O–H groups in total. The number of allylic oxidation sites excluding steroid dienone is 3. The molecule has 0 radical (unpaired) electrons. The fourth-order valence-corrected chi connectivity index (χ4v) is 10.7. The maximum absolute atomic E-state index is 14.6. The zero-order chi connectivity index (χ0) is 28.1. The Kier molecular flexibility index (Phi) is 6.22. The second kappa shape index (κ2) is 8.54. The number of carbonyl (C=O) groups excluding carboxylic acids is 3. The van der Waals surface area contributed by atoms with Gasteiger partial charge >= 0.3 is 11.9 Å². The van der Waals surface area contributed by atoms with Gasteiger partial charge < -0.3 is 9.47 Å². The highest BCUT2D eigenvalue weighted by Crippen LogP contribution is 2.75. The predicted molar refractivity (Wildman–Crippen MR) is 147 cm³/mol. The number of esters is 2. The van der Waals surface area contributed by atoms with E-state index in [0.717, 1.165) is 38.5 Å². The van der Waals surface area contributed by atoms with E-state index >= 15 is 0 Å². The minimum Gasteiger partial charge on any atom is -0.469 e. The van der Waals surface area contributed by atoms with E-state index in [-0.39, 0.29) is 51.7 Å². The zero-order valence-electron chi connectivity index (χ0n) is 25.0. The van der Waals surface area contributed by atoms with Crippen molar-refractivity contribution in [2.45, 2.75) is 100 Å². The minimum atomic E-state index is -0.549. The number of hydrogen-bond acceptors (Lipinski definition) is 5. The van der Waals surface area contributed by atoms with Gasteiger partial charge in [0.1, 0.15) is 6.10 Å². The van der Waals surface area contributed by atoms with E-state index in [1.165, 1.54) is 19.6 Å². The van der Waals surface area contributed by atoms with E-state index in [4.69, 9.17) is 9.47 Å². The largest absolute Gasteiger partial charge is 0.469 e. The molecule has 0 aromatic carbocycles. The fourth-order valence-electron chi connectivity index (χ4n) is 10.7. The Labute approximate surface area is 229 Å². The molecular formula is C33H48O5. The molecule has 3 fully saturated rings. The van der Waals surface area contributed by atoms with Crippen LogP contribution in [0.25, 0.3) is 0 Å². The number of methoxy groups -OCH3 is 1. The van der Waals surface area contributed by atoms with Crippen molar-refractivity contribution < 1.29 is 23.9 Å². The molecule has 0 heterocycles. The Morgan fingerprint density at radius 1 is 0.974 bits per heavy atom. The van der Waals surface area contributed by atoms with E-state index in [2.05, 4.69) is 54.5 Å². The summed E-state index contributed by atoms with van der Waals surface area (Å²) in [6.45, 7) is 17.5. The van der Waals surface area contributed by atoms with Crippen LogP contribution >= 0.6 is 0 Å². The number of hydrogen-bond donors (Lipinski definition) is 0. The highest BCUT2D eigenvalue weighted by Gasteiger charge is 2.72. The molecule has 0 spiro atoms. The van der Waals surface area contributed by atoms with Crippen molar-refractivity contribution in [1.29, 1.82) is 0 Å². The highest BCUT2D eigenvalue weighted by molar-refractivity contribution is 5.96. The van der Waals surface area contributed by atoms with Crippen LogP contribution in [0.15, 0.2) is 23.8 Å². The lowest BCUT2D eigenvalue weighted by molar-refractivity contribution is -0.205. The van der Waals surface area contributed by atoms with E-state index in [9.17, 15) is 14.4 Å². The second-order valence-corrected chi connectivity index (χ2v) is 14.9. The number of carbonyl (C=O) groups is 3. The molecule has 210 valence electrons. The molecule has 10 atom stereocenters. The highest BCUT2D eigenvalue weighted by atomic mass is 16.5. The summed E-state index contributed by atoms with van der Waals surface area (Å²) in [4.78, 5) is 40.3. The summed E-state index contributed by atoms with van der Waals surface area (Å²) in [6, 6.07) is 0. The normalized spacial score (nSPS) is 49.0. The van der Waals surface area contributed by atoms with Gasteiger partial charge in [-0.15, -0.1) is 0 Å². The first kappa shape index (κ1) is 27.6. The first-order chi connectivity index (χ1) is 17.6. The SMILES string of the molecule is COC(=O)[C@]12CC[C@@H](C)[C@H](C)C1C1=CC(=O)C3[C@]4(C)C(CC[C@@]3(C)[C@]1(C)CC2)C(C)(C)C=C[C@@H]4OC(C)=O. The van der Waals surface area contributed by atoms with Gasteiger partial charge in [0.15, 0.2) is 5.78 Å². The molecular weight excluding hydrogens is 476 g/mol. The molecule has 38 heavy (non-hydrogen) atoms. The Morgan fingerprint density at radius 3 is 2.29 bits per heavy atom. The maximum Gasteiger partial charge on any atom is 0.312 e. The van der Waals surface area contributed by atoms with E-state index in [0.29, 0.717) is 11.8 Å². The van der Waals surface area contributed by atoms with Gasteiger partial charge in [-0.25, -0.2) is 0 Å².